The lowest BCUT2D eigenvalue weighted by Gasteiger charge is -2.26. The van der Waals surface area contributed by atoms with Crippen molar-refractivity contribution < 1.29 is 4.79 Å². The van der Waals surface area contributed by atoms with Crippen LogP contribution in [0.1, 0.15) is 12.5 Å². The van der Waals surface area contributed by atoms with Crippen LogP contribution in [0.25, 0.3) is 0 Å². The lowest BCUT2D eigenvalue weighted by Crippen LogP contribution is -2.46. The Morgan fingerprint density at radius 1 is 1.47 bits per heavy atom. The molecule has 0 fully saturated rings. The Bertz CT molecular complexity index is 351. The van der Waals surface area contributed by atoms with E-state index in [-0.39, 0.29) is 11.9 Å². The molecule has 0 aliphatic rings. The highest BCUT2D eigenvalue weighted by atomic mass is 16.2. The summed E-state index contributed by atoms with van der Waals surface area (Å²) >= 11 is 0. The predicted octanol–water partition coefficient (Wildman–Crippen LogP) is 0.810. The summed E-state index contributed by atoms with van der Waals surface area (Å²) in [7, 11) is 1.88. The number of nitrogens with zero attached hydrogens (tertiary/aromatic N) is 1. The molecule has 0 heterocycles. The van der Waals surface area contributed by atoms with Crippen LogP contribution in [-0.4, -0.2) is 19.0 Å². The number of carbonyl (C=O) groups excluding carboxylic acids is 1. The zero-order valence-corrected chi connectivity index (χ0v) is 9.32. The molecule has 1 atom stereocenters. The normalized spacial score (nSPS) is 12.0. The second-order valence-corrected chi connectivity index (χ2v) is 3.58. The number of anilines is 1. The van der Waals surface area contributed by atoms with E-state index >= 15 is 0 Å². The van der Waals surface area contributed by atoms with E-state index < -0.39 is 0 Å². The molecule has 0 saturated carbocycles. The van der Waals surface area contributed by atoms with Crippen molar-refractivity contribution in [3.05, 3.63) is 29.8 Å². The van der Waals surface area contributed by atoms with Crippen molar-refractivity contribution in [3.63, 3.8) is 0 Å². The number of hydrogen-bond donors (Lipinski definition) is 2. The minimum Gasteiger partial charge on any atom is -0.363 e. The standard InChI is InChI=1S/C11H17N3O/c1-8-6-4-5-7-10(8)14(3)9(2)11(15)13-12/h4-7,9H,12H2,1-3H3,(H,13,15). The van der Waals surface area contributed by atoms with Crippen LogP contribution >= 0.6 is 0 Å². The Balaban J connectivity index is 2.89. The maximum absolute atomic E-state index is 11.4. The molecule has 0 aromatic heterocycles. The second kappa shape index (κ2) is 4.79. The van der Waals surface area contributed by atoms with Gasteiger partial charge in [0, 0.05) is 12.7 Å². The SMILES string of the molecule is Cc1ccccc1N(C)C(C)C(=O)NN. The van der Waals surface area contributed by atoms with Gasteiger partial charge in [0.25, 0.3) is 5.91 Å². The molecule has 1 aromatic carbocycles. The molecule has 0 spiro atoms. The van der Waals surface area contributed by atoms with Crippen LogP contribution < -0.4 is 16.2 Å². The molecule has 0 radical (unpaired) electrons. The van der Waals surface area contributed by atoms with Crippen LogP contribution in [0, 0.1) is 6.92 Å². The van der Waals surface area contributed by atoms with E-state index in [2.05, 4.69) is 5.43 Å². The molecule has 1 aromatic rings. The van der Waals surface area contributed by atoms with E-state index in [1.54, 1.807) is 0 Å². The highest BCUT2D eigenvalue weighted by Gasteiger charge is 2.17. The number of amides is 1. The number of nitrogens with one attached hydrogen (secondary N) is 1. The zero-order valence-electron chi connectivity index (χ0n) is 9.32. The predicted molar refractivity (Wildman–Crippen MR) is 61.4 cm³/mol. The fourth-order valence-electron chi connectivity index (χ4n) is 1.46. The molecule has 0 saturated heterocycles. The summed E-state index contributed by atoms with van der Waals surface area (Å²) in [6, 6.07) is 7.64. The zero-order chi connectivity index (χ0) is 11.4. The third-order valence-electron chi connectivity index (χ3n) is 2.60. The van der Waals surface area contributed by atoms with Crippen LogP contribution in [0.3, 0.4) is 0 Å². The van der Waals surface area contributed by atoms with Crippen molar-refractivity contribution in [3.8, 4) is 0 Å². The fraction of sp³-hybridized carbons (Fsp3) is 0.364. The average molecular weight is 207 g/mol. The van der Waals surface area contributed by atoms with Crippen LogP contribution in [0.4, 0.5) is 5.69 Å². The number of hydrogen-bond acceptors (Lipinski definition) is 3. The maximum Gasteiger partial charge on any atom is 0.256 e. The van der Waals surface area contributed by atoms with E-state index in [1.165, 1.54) is 0 Å². The molecular weight excluding hydrogens is 190 g/mol. The number of carbonyl (C=O) groups is 1. The van der Waals surface area contributed by atoms with Gasteiger partial charge in [-0.2, -0.15) is 0 Å². The van der Waals surface area contributed by atoms with Crippen LogP contribution in [0.15, 0.2) is 24.3 Å². The maximum atomic E-state index is 11.4. The van der Waals surface area contributed by atoms with E-state index in [1.807, 2.05) is 50.1 Å². The molecule has 1 rings (SSSR count). The number of benzene rings is 1. The topological polar surface area (TPSA) is 58.4 Å². The molecule has 3 N–H and O–H groups in total. The van der Waals surface area contributed by atoms with Gasteiger partial charge in [-0.1, -0.05) is 18.2 Å². The Morgan fingerprint density at radius 2 is 2.07 bits per heavy atom. The third-order valence-corrected chi connectivity index (χ3v) is 2.60. The van der Waals surface area contributed by atoms with Crippen molar-refractivity contribution >= 4 is 11.6 Å². The fourth-order valence-corrected chi connectivity index (χ4v) is 1.46. The second-order valence-electron chi connectivity index (χ2n) is 3.58. The smallest absolute Gasteiger partial charge is 0.256 e. The molecule has 1 amide bonds. The number of likely N-dealkylation sites (N-methyl/N-ethyl adjacent to an activating group) is 1. The van der Waals surface area contributed by atoms with Crippen LogP contribution in [0.5, 0.6) is 0 Å². The van der Waals surface area contributed by atoms with Crippen molar-refractivity contribution in [1.82, 2.24) is 5.43 Å². The summed E-state index contributed by atoms with van der Waals surface area (Å²) in [6.07, 6.45) is 0. The molecule has 15 heavy (non-hydrogen) atoms. The van der Waals surface area contributed by atoms with Crippen molar-refractivity contribution in [2.75, 3.05) is 11.9 Å². The van der Waals surface area contributed by atoms with Crippen LogP contribution in [-0.2, 0) is 4.79 Å². The minimum atomic E-state index is -0.281. The third kappa shape index (κ3) is 2.47. The Hall–Kier alpha value is -1.55. The van der Waals surface area contributed by atoms with Gasteiger partial charge in [-0.05, 0) is 25.5 Å². The number of aryl methyl sites for hydroxylation is 1. The lowest BCUT2D eigenvalue weighted by atomic mass is 10.1. The average Bonchev–Trinajstić information content (AvgIpc) is 2.26. The monoisotopic (exact) mass is 207 g/mol. The summed E-state index contributed by atoms with van der Waals surface area (Å²) in [5.41, 5.74) is 4.33. The molecule has 4 heteroatoms. The summed E-state index contributed by atoms with van der Waals surface area (Å²) in [5.74, 6) is 4.91. The van der Waals surface area contributed by atoms with E-state index in [9.17, 15) is 4.79 Å². The van der Waals surface area contributed by atoms with Gasteiger partial charge in [0.15, 0.2) is 0 Å². The molecule has 0 bridgehead atoms. The molecule has 0 aliphatic carbocycles. The Kier molecular flexibility index (Phi) is 3.68. The number of hydrazine groups is 1. The molecular formula is C11H17N3O. The summed E-state index contributed by atoms with van der Waals surface area (Å²) in [5, 5.41) is 0. The highest BCUT2D eigenvalue weighted by Crippen LogP contribution is 2.19. The summed E-state index contributed by atoms with van der Waals surface area (Å²) < 4.78 is 0. The first-order chi connectivity index (χ1) is 7.07. The van der Waals surface area contributed by atoms with Gasteiger partial charge in [0.1, 0.15) is 6.04 Å². The van der Waals surface area contributed by atoms with Gasteiger partial charge in [0.2, 0.25) is 0 Å². The summed E-state index contributed by atoms with van der Waals surface area (Å²) in [4.78, 5) is 13.3. The number of nitrogens with two attached hydrogens (primary N) is 1. The Morgan fingerprint density at radius 3 is 2.60 bits per heavy atom. The van der Waals surface area contributed by atoms with Crippen molar-refractivity contribution in [2.45, 2.75) is 19.9 Å². The van der Waals surface area contributed by atoms with Gasteiger partial charge < -0.3 is 4.90 Å². The van der Waals surface area contributed by atoms with E-state index in [0.29, 0.717) is 0 Å². The van der Waals surface area contributed by atoms with E-state index in [4.69, 9.17) is 5.84 Å². The van der Waals surface area contributed by atoms with Gasteiger partial charge in [-0.15, -0.1) is 0 Å². The highest BCUT2D eigenvalue weighted by molar-refractivity contribution is 5.84. The van der Waals surface area contributed by atoms with Gasteiger partial charge in [-0.3, -0.25) is 10.2 Å². The number of rotatable bonds is 3. The summed E-state index contributed by atoms with van der Waals surface area (Å²) in [6.45, 7) is 3.83. The van der Waals surface area contributed by atoms with Gasteiger partial charge in [-0.25, -0.2) is 5.84 Å². The van der Waals surface area contributed by atoms with Crippen LogP contribution in [0.2, 0.25) is 0 Å². The minimum absolute atomic E-state index is 0.194. The quantitative estimate of drug-likeness (QED) is 0.438. The molecule has 0 aliphatic heterocycles. The van der Waals surface area contributed by atoms with Gasteiger partial charge in [0.05, 0.1) is 0 Å². The first-order valence-electron chi connectivity index (χ1n) is 4.87. The first kappa shape index (κ1) is 11.5. The molecule has 4 nitrogen and oxygen atoms in total. The van der Waals surface area contributed by atoms with Gasteiger partial charge >= 0.3 is 0 Å². The first-order valence-corrected chi connectivity index (χ1v) is 4.87. The molecule has 1 unspecified atom stereocenters. The van der Waals surface area contributed by atoms with Crippen molar-refractivity contribution in [2.24, 2.45) is 5.84 Å². The lowest BCUT2D eigenvalue weighted by molar-refractivity contribution is -0.122. The molecule has 82 valence electrons. The number of para-hydroxylation sites is 1. The van der Waals surface area contributed by atoms with E-state index in [0.717, 1.165) is 11.3 Å². The largest absolute Gasteiger partial charge is 0.363 e. The Labute approximate surface area is 90.0 Å². The van der Waals surface area contributed by atoms with Crippen molar-refractivity contribution in [1.29, 1.82) is 0 Å².